The van der Waals surface area contributed by atoms with Gasteiger partial charge >= 0.3 is 0 Å². The molecule has 0 saturated heterocycles. The molecule has 0 spiro atoms. The van der Waals surface area contributed by atoms with Crippen LogP contribution in [0.1, 0.15) is 38.5 Å². The third-order valence-electron chi connectivity index (χ3n) is 2.40. The number of allylic oxidation sites excluding steroid dienone is 1. The Kier molecular flexibility index (Phi) is 3.34. The molecule has 11 heavy (non-hydrogen) atoms. The number of rotatable bonds is 3. The smallest absolute Gasteiger partial charge is 0.135 e. The molecule has 0 amide bonds. The first-order valence-electron chi connectivity index (χ1n) is 4.48. The van der Waals surface area contributed by atoms with Crippen molar-refractivity contribution in [2.24, 2.45) is 5.92 Å². The van der Waals surface area contributed by atoms with Gasteiger partial charge in [0.25, 0.3) is 0 Å². The summed E-state index contributed by atoms with van der Waals surface area (Å²) in [5.74, 6) is 0.847. The molecule has 62 valence electrons. The Bertz CT molecular complexity index is 149. The van der Waals surface area contributed by atoms with Crippen molar-refractivity contribution in [2.75, 3.05) is 0 Å². The molecular weight excluding hydrogens is 136 g/mol. The van der Waals surface area contributed by atoms with E-state index in [1.54, 1.807) is 0 Å². The minimum absolute atomic E-state index is 0.363. The van der Waals surface area contributed by atoms with Gasteiger partial charge in [-0.3, -0.25) is 4.79 Å². The maximum atomic E-state index is 11.3. The fourth-order valence-corrected chi connectivity index (χ4v) is 1.68. The molecular formula is C10H16O. The van der Waals surface area contributed by atoms with Crippen molar-refractivity contribution < 1.29 is 4.79 Å². The van der Waals surface area contributed by atoms with Crippen LogP contribution in [-0.2, 0) is 4.79 Å². The molecule has 0 aliphatic heterocycles. The van der Waals surface area contributed by atoms with Crippen LogP contribution in [0.3, 0.4) is 0 Å². The van der Waals surface area contributed by atoms with Crippen LogP contribution in [0.5, 0.6) is 0 Å². The lowest BCUT2D eigenvalue weighted by atomic mass is 9.85. The minimum Gasteiger partial charge on any atom is -0.299 e. The van der Waals surface area contributed by atoms with Gasteiger partial charge in [0.15, 0.2) is 0 Å². The van der Waals surface area contributed by atoms with Crippen LogP contribution in [0.25, 0.3) is 0 Å². The van der Waals surface area contributed by atoms with E-state index in [4.69, 9.17) is 0 Å². The summed E-state index contributed by atoms with van der Waals surface area (Å²) >= 11 is 0. The second kappa shape index (κ2) is 4.32. The zero-order valence-corrected chi connectivity index (χ0v) is 7.01. The molecule has 0 bridgehead atoms. The number of hydrogen-bond acceptors (Lipinski definition) is 1. The number of Topliss-reactive ketones (excluding diaryl/α,β-unsaturated/α-hetero) is 1. The van der Waals surface area contributed by atoms with Crippen LogP contribution in [0.2, 0.25) is 0 Å². The van der Waals surface area contributed by atoms with E-state index < -0.39 is 0 Å². The number of carbonyl (C=O) groups is 1. The summed E-state index contributed by atoms with van der Waals surface area (Å²) in [5, 5.41) is 0. The lowest BCUT2D eigenvalue weighted by Crippen LogP contribution is -2.18. The highest BCUT2D eigenvalue weighted by atomic mass is 16.1. The van der Waals surface area contributed by atoms with Crippen LogP contribution in [0, 0.1) is 5.92 Å². The zero-order chi connectivity index (χ0) is 8.10. The highest BCUT2D eigenvalue weighted by Gasteiger charge is 2.20. The molecule has 0 N–H and O–H groups in total. The highest BCUT2D eigenvalue weighted by molar-refractivity contribution is 5.81. The van der Waals surface area contributed by atoms with Gasteiger partial charge in [-0.15, -0.1) is 6.58 Å². The van der Waals surface area contributed by atoms with Gasteiger partial charge in [0, 0.05) is 12.3 Å². The Morgan fingerprint density at radius 1 is 1.55 bits per heavy atom. The van der Waals surface area contributed by atoms with E-state index in [1.165, 1.54) is 6.42 Å². The van der Waals surface area contributed by atoms with Crippen molar-refractivity contribution in [1.29, 1.82) is 0 Å². The first kappa shape index (κ1) is 8.51. The van der Waals surface area contributed by atoms with Crippen LogP contribution in [0.15, 0.2) is 12.7 Å². The van der Waals surface area contributed by atoms with Gasteiger partial charge in [-0.2, -0.15) is 0 Å². The largest absolute Gasteiger partial charge is 0.299 e. The predicted octanol–water partition coefficient (Wildman–Crippen LogP) is 2.71. The summed E-state index contributed by atoms with van der Waals surface area (Å²) in [4.78, 5) is 11.3. The molecule has 1 atom stereocenters. The fraction of sp³-hybridized carbons (Fsp3) is 0.700. The van der Waals surface area contributed by atoms with Crippen molar-refractivity contribution >= 4 is 5.78 Å². The van der Waals surface area contributed by atoms with Gasteiger partial charge < -0.3 is 0 Å². The lowest BCUT2D eigenvalue weighted by molar-refractivity contribution is -0.124. The summed E-state index contributed by atoms with van der Waals surface area (Å²) in [5.41, 5.74) is 0. The Labute approximate surface area is 68.5 Å². The first-order chi connectivity index (χ1) is 5.34. The monoisotopic (exact) mass is 152 g/mol. The second-order valence-electron chi connectivity index (χ2n) is 3.28. The summed E-state index contributed by atoms with van der Waals surface area (Å²) in [6.45, 7) is 3.66. The summed E-state index contributed by atoms with van der Waals surface area (Å²) < 4.78 is 0. The van der Waals surface area contributed by atoms with Gasteiger partial charge in [0.1, 0.15) is 5.78 Å². The molecule has 1 heteroatoms. The first-order valence-corrected chi connectivity index (χ1v) is 4.48. The quantitative estimate of drug-likeness (QED) is 0.568. The Hall–Kier alpha value is -0.590. The molecule has 0 heterocycles. The predicted molar refractivity (Wildman–Crippen MR) is 46.4 cm³/mol. The SMILES string of the molecule is C=CCCC1CCCCC1=O. The fourth-order valence-electron chi connectivity index (χ4n) is 1.68. The van der Waals surface area contributed by atoms with Crippen molar-refractivity contribution in [2.45, 2.75) is 38.5 Å². The molecule has 1 fully saturated rings. The third-order valence-corrected chi connectivity index (χ3v) is 2.40. The minimum atomic E-state index is 0.363. The Morgan fingerprint density at radius 3 is 3.00 bits per heavy atom. The normalized spacial score (nSPS) is 25.1. The third kappa shape index (κ3) is 2.49. The van der Waals surface area contributed by atoms with Crippen LogP contribution in [0.4, 0.5) is 0 Å². The van der Waals surface area contributed by atoms with Crippen LogP contribution < -0.4 is 0 Å². The standard InChI is InChI=1S/C10H16O/c1-2-3-6-9-7-4-5-8-10(9)11/h2,9H,1,3-8H2. The van der Waals surface area contributed by atoms with E-state index in [-0.39, 0.29) is 0 Å². The molecule has 0 aromatic heterocycles. The number of carbonyl (C=O) groups excluding carboxylic acids is 1. The number of ketones is 1. The average Bonchev–Trinajstić information content (AvgIpc) is 2.03. The van der Waals surface area contributed by atoms with E-state index in [2.05, 4.69) is 6.58 Å². The molecule has 1 rings (SSSR count). The molecule has 0 aromatic rings. The highest BCUT2D eigenvalue weighted by Crippen LogP contribution is 2.24. The van der Waals surface area contributed by atoms with Crippen molar-refractivity contribution in [1.82, 2.24) is 0 Å². The number of hydrogen-bond donors (Lipinski definition) is 0. The van der Waals surface area contributed by atoms with Gasteiger partial charge in [0.05, 0.1) is 0 Å². The molecule has 1 aliphatic rings. The van der Waals surface area contributed by atoms with Gasteiger partial charge in [-0.1, -0.05) is 12.5 Å². The Morgan fingerprint density at radius 2 is 2.36 bits per heavy atom. The van der Waals surface area contributed by atoms with Gasteiger partial charge in [-0.25, -0.2) is 0 Å². The molecule has 1 aliphatic carbocycles. The van der Waals surface area contributed by atoms with Crippen LogP contribution >= 0.6 is 0 Å². The molecule has 1 saturated carbocycles. The summed E-state index contributed by atoms with van der Waals surface area (Å²) in [7, 11) is 0. The summed E-state index contributed by atoms with van der Waals surface area (Å²) in [6, 6.07) is 0. The van der Waals surface area contributed by atoms with E-state index in [0.717, 1.165) is 32.1 Å². The van der Waals surface area contributed by atoms with E-state index >= 15 is 0 Å². The topological polar surface area (TPSA) is 17.1 Å². The average molecular weight is 152 g/mol. The van der Waals surface area contributed by atoms with Crippen LogP contribution in [-0.4, -0.2) is 5.78 Å². The lowest BCUT2D eigenvalue weighted by Gasteiger charge is -2.19. The molecule has 1 unspecified atom stereocenters. The second-order valence-corrected chi connectivity index (χ2v) is 3.28. The van der Waals surface area contributed by atoms with Crippen molar-refractivity contribution in [3.8, 4) is 0 Å². The molecule has 0 radical (unpaired) electrons. The molecule has 0 aromatic carbocycles. The van der Waals surface area contributed by atoms with Crippen molar-refractivity contribution in [3.05, 3.63) is 12.7 Å². The Balaban J connectivity index is 2.29. The summed E-state index contributed by atoms with van der Waals surface area (Å²) in [6.07, 6.45) is 8.23. The van der Waals surface area contributed by atoms with Gasteiger partial charge in [0.2, 0.25) is 0 Å². The van der Waals surface area contributed by atoms with Gasteiger partial charge in [-0.05, 0) is 25.7 Å². The van der Waals surface area contributed by atoms with E-state index in [0.29, 0.717) is 11.7 Å². The molecule has 1 nitrogen and oxygen atoms in total. The van der Waals surface area contributed by atoms with E-state index in [9.17, 15) is 4.79 Å². The van der Waals surface area contributed by atoms with E-state index in [1.807, 2.05) is 6.08 Å². The maximum absolute atomic E-state index is 11.3. The van der Waals surface area contributed by atoms with Crippen molar-refractivity contribution in [3.63, 3.8) is 0 Å². The maximum Gasteiger partial charge on any atom is 0.135 e. The zero-order valence-electron chi connectivity index (χ0n) is 7.01.